The molecule has 23 heavy (non-hydrogen) atoms. The zero-order valence-corrected chi connectivity index (χ0v) is 13.4. The van der Waals surface area contributed by atoms with E-state index in [2.05, 4.69) is 0 Å². The molecule has 1 aromatic rings. The number of likely N-dealkylation sites (N-methyl/N-ethyl adjacent to an activating group) is 2. The number of carbonyl (C=O) groups excluding carboxylic acids is 4. The molecule has 0 radical (unpaired) electrons. The van der Waals surface area contributed by atoms with Crippen molar-refractivity contribution in [1.29, 1.82) is 0 Å². The molecule has 0 unspecified atom stereocenters. The Balaban J connectivity index is 2.08. The molecule has 0 aromatic heterocycles. The first-order valence-corrected chi connectivity index (χ1v) is 7.18. The van der Waals surface area contributed by atoms with E-state index in [0.717, 1.165) is 4.90 Å². The lowest BCUT2D eigenvalue weighted by Gasteiger charge is -2.28. The van der Waals surface area contributed by atoms with Crippen molar-refractivity contribution >= 4 is 23.6 Å². The summed E-state index contributed by atoms with van der Waals surface area (Å²) in [6.45, 7) is -0.456. The van der Waals surface area contributed by atoms with E-state index in [9.17, 15) is 19.2 Å². The van der Waals surface area contributed by atoms with Gasteiger partial charge in [0.1, 0.15) is 6.54 Å². The topological polar surface area (TPSA) is 78.0 Å². The van der Waals surface area contributed by atoms with E-state index in [-0.39, 0.29) is 25.4 Å². The first kappa shape index (κ1) is 16.7. The van der Waals surface area contributed by atoms with Gasteiger partial charge in [0, 0.05) is 26.7 Å². The van der Waals surface area contributed by atoms with Gasteiger partial charge in [0.15, 0.2) is 0 Å². The van der Waals surface area contributed by atoms with Crippen molar-refractivity contribution in [2.75, 3.05) is 34.2 Å². The number of benzene rings is 1. The quantitative estimate of drug-likeness (QED) is 0.718. The maximum Gasteiger partial charge on any atom is 0.261 e. The standard InChI is InChI=1S/C16H19N3O4/c1-17(2)14(21)9-18(3)15(22)10-19-13(20)8-11-6-4-5-7-12(11)16(19)23/h4-7H,8-10H2,1-3H3. The SMILES string of the molecule is CN(C)C(=O)CN(C)C(=O)CN1C(=O)Cc2ccccc2C1=O. The largest absolute Gasteiger partial charge is 0.347 e. The second kappa shape index (κ2) is 6.60. The van der Waals surface area contributed by atoms with Gasteiger partial charge in [-0.3, -0.25) is 24.1 Å². The van der Waals surface area contributed by atoms with E-state index in [1.54, 1.807) is 38.4 Å². The van der Waals surface area contributed by atoms with Crippen LogP contribution in [0.4, 0.5) is 0 Å². The third kappa shape index (κ3) is 3.56. The minimum Gasteiger partial charge on any atom is -0.347 e. The molecule has 1 aromatic carbocycles. The maximum absolute atomic E-state index is 12.4. The van der Waals surface area contributed by atoms with E-state index >= 15 is 0 Å². The molecule has 0 atom stereocenters. The fourth-order valence-electron chi connectivity index (χ4n) is 2.25. The molecule has 7 nitrogen and oxygen atoms in total. The summed E-state index contributed by atoms with van der Waals surface area (Å²) >= 11 is 0. The van der Waals surface area contributed by atoms with Crippen LogP contribution in [0, 0.1) is 0 Å². The zero-order valence-electron chi connectivity index (χ0n) is 13.4. The summed E-state index contributed by atoms with van der Waals surface area (Å²) in [5.41, 5.74) is 1.11. The molecule has 0 fully saturated rings. The Bertz CT molecular complexity index is 669. The van der Waals surface area contributed by atoms with Gasteiger partial charge in [-0.15, -0.1) is 0 Å². The molecule has 0 spiro atoms. The van der Waals surface area contributed by atoms with E-state index in [1.807, 2.05) is 0 Å². The molecule has 0 aliphatic carbocycles. The second-order valence-electron chi connectivity index (χ2n) is 5.66. The summed E-state index contributed by atoms with van der Waals surface area (Å²) in [5, 5.41) is 0. The molecular formula is C16H19N3O4. The van der Waals surface area contributed by atoms with Crippen molar-refractivity contribution in [3.63, 3.8) is 0 Å². The van der Waals surface area contributed by atoms with Crippen LogP contribution in [0.2, 0.25) is 0 Å². The van der Waals surface area contributed by atoms with Crippen LogP contribution >= 0.6 is 0 Å². The Kier molecular flexibility index (Phi) is 4.78. The fraction of sp³-hybridized carbons (Fsp3) is 0.375. The van der Waals surface area contributed by atoms with Crippen LogP contribution in [0.3, 0.4) is 0 Å². The predicted molar refractivity (Wildman–Crippen MR) is 82.5 cm³/mol. The maximum atomic E-state index is 12.4. The second-order valence-corrected chi connectivity index (χ2v) is 5.66. The number of rotatable bonds is 4. The highest BCUT2D eigenvalue weighted by Gasteiger charge is 2.32. The molecule has 2 rings (SSSR count). The van der Waals surface area contributed by atoms with Crippen LogP contribution in [-0.4, -0.2) is 72.6 Å². The molecule has 4 amide bonds. The minimum atomic E-state index is -0.475. The third-order valence-electron chi connectivity index (χ3n) is 3.73. The molecule has 122 valence electrons. The number of nitrogens with zero attached hydrogens (tertiary/aromatic N) is 3. The molecule has 0 saturated heterocycles. The molecule has 0 N–H and O–H groups in total. The summed E-state index contributed by atoms with van der Waals surface area (Å²) in [6.07, 6.45) is 0.0928. The Labute approximate surface area is 134 Å². The van der Waals surface area contributed by atoms with Gasteiger partial charge in [0.2, 0.25) is 17.7 Å². The van der Waals surface area contributed by atoms with Crippen molar-refractivity contribution in [1.82, 2.24) is 14.7 Å². The molecular weight excluding hydrogens is 298 g/mol. The van der Waals surface area contributed by atoms with Crippen LogP contribution < -0.4 is 0 Å². The van der Waals surface area contributed by atoms with Gasteiger partial charge in [0.25, 0.3) is 5.91 Å². The number of hydrogen-bond acceptors (Lipinski definition) is 4. The van der Waals surface area contributed by atoms with Crippen molar-refractivity contribution in [2.45, 2.75) is 6.42 Å². The van der Waals surface area contributed by atoms with Gasteiger partial charge in [-0.1, -0.05) is 18.2 Å². The molecule has 7 heteroatoms. The van der Waals surface area contributed by atoms with Crippen LogP contribution in [0.1, 0.15) is 15.9 Å². The smallest absolute Gasteiger partial charge is 0.261 e. The lowest BCUT2D eigenvalue weighted by Crippen LogP contribution is -2.49. The van der Waals surface area contributed by atoms with Gasteiger partial charge in [-0.05, 0) is 11.6 Å². The van der Waals surface area contributed by atoms with Gasteiger partial charge in [0.05, 0.1) is 13.0 Å². The average molecular weight is 317 g/mol. The molecule has 1 aliphatic heterocycles. The minimum absolute atomic E-state index is 0.0928. The van der Waals surface area contributed by atoms with Gasteiger partial charge in [-0.25, -0.2) is 0 Å². The van der Waals surface area contributed by atoms with Gasteiger partial charge >= 0.3 is 0 Å². The Morgan fingerprint density at radius 2 is 1.74 bits per heavy atom. The average Bonchev–Trinajstić information content (AvgIpc) is 2.50. The van der Waals surface area contributed by atoms with E-state index < -0.39 is 17.7 Å². The van der Waals surface area contributed by atoms with Crippen molar-refractivity contribution in [3.05, 3.63) is 35.4 Å². The highest BCUT2D eigenvalue weighted by Crippen LogP contribution is 2.19. The monoisotopic (exact) mass is 317 g/mol. The molecule has 0 saturated carbocycles. The first-order valence-electron chi connectivity index (χ1n) is 7.18. The fourth-order valence-corrected chi connectivity index (χ4v) is 2.25. The Morgan fingerprint density at radius 3 is 2.39 bits per heavy atom. The highest BCUT2D eigenvalue weighted by atomic mass is 16.2. The lowest BCUT2D eigenvalue weighted by atomic mass is 9.98. The number of amides is 4. The van der Waals surface area contributed by atoms with Crippen LogP contribution in [0.5, 0.6) is 0 Å². The zero-order chi connectivity index (χ0) is 17.1. The molecule has 1 heterocycles. The van der Waals surface area contributed by atoms with Crippen molar-refractivity contribution in [2.24, 2.45) is 0 Å². The van der Waals surface area contributed by atoms with E-state index in [0.29, 0.717) is 11.1 Å². The molecule has 1 aliphatic rings. The van der Waals surface area contributed by atoms with Gasteiger partial charge in [-0.2, -0.15) is 0 Å². The number of hydrogen-bond donors (Lipinski definition) is 0. The van der Waals surface area contributed by atoms with Crippen LogP contribution in [-0.2, 0) is 20.8 Å². The number of imide groups is 1. The number of carbonyl (C=O) groups is 4. The summed E-state index contributed by atoms with van der Waals surface area (Å²) < 4.78 is 0. The summed E-state index contributed by atoms with van der Waals surface area (Å²) in [4.78, 5) is 51.8. The summed E-state index contributed by atoms with van der Waals surface area (Å²) in [5.74, 6) is -1.57. The summed E-state index contributed by atoms with van der Waals surface area (Å²) in [7, 11) is 4.65. The predicted octanol–water partition coefficient (Wildman–Crippen LogP) is -0.242. The third-order valence-corrected chi connectivity index (χ3v) is 3.73. The van der Waals surface area contributed by atoms with Crippen LogP contribution in [0.25, 0.3) is 0 Å². The van der Waals surface area contributed by atoms with E-state index in [4.69, 9.17) is 0 Å². The highest BCUT2D eigenvalue weighted by molar-refractivity contribution is 6.11. The van der Waals surface area contributed by atoms with Crippen molar-refractivity contribution < 1.29 is 19.2 Å². The summed E-state index contributed by atoms with van der Waals surface area (Å²) in [6, 6.07) is 6.85. The lowest BCUT2D eigenvalue weighted by molar-refractivity contribution is -0.141. The molecule has 0 bridgehead atoms. The van der Waals surface area contributed by atoms with E-state index in [1.165, 1.54) is 16.8 Å². The van der Waals surface area contributed by atoms with Crippen LogP contribution in [0.15, 0.2) is 24.3 Å². The first-order chi connectivity index (χ1) is 10.8. The normalized spacial score (nSPS) is 13.6. The van der Waals surface area contributed by atoms with Crippen molar-refractivity contribution in [3.8, 4) is 0 Å². The Morgan fingerprint density at radius 1 is 1.09 bits per heavy atom. The Hall–Kier alpha value is -2.70. The number of fused-ring (bicyclic) bond motifs is 1. The van der Waals surface area contributed by atoms with Gasteiger partial charge < -0.3 is 9.80 Å².